The number of hydrogen-bond acceptors (Lipinski definition) is 1. The summed E-state index contributed by atoms with van der Waals surface area (Å²) in [7, 11) is 0. The molecule has 0 spiro atoms. The van der Waals surface area contributed by atoms with E-state index in [1.165, 1.54) is 0 Å². The summed E-state index contributed by atoms with van der Waals surface area (Å²) in [6.07, 6.45) is 3.78. The normalized spacial score (nSPS) is 22.2. The van der Waals surface area contributed by atoms with Gasteiger partial charge in [-0.3, -0.25) is 0 Å². The summed E-state index contributed by atoms with van der Waals surface area (Å²) in [6.45, 7) is 5.24. The first kappa shape index (κ1) is 12.9. The van der Waals surface area contributed by atoms with Crippen LogP contribution >= 0.6 is 0 Å². The molecule has 1 aliphatic carbocycles. The first-order chi connectivity index (χ1) is 7.07. The van der Waals surface area contributed by atoms with Crippen LogP contribution in [-0.2, 0) is 0 Å². The highest BCUT2D eigenvalue weighted by Gasteiger charge is 2.34. The number of rotatable bonds is 5. The Balaban J connectivity index is 2.18. The van der Waals surface area contributed by atoms with Crippen LogP contribution in [0.5, 0.6) is 0 Å². The molecule has 0 bridgehead atoms. The van der Waals surface area contributed by atoms with E-state index < -0.39 is 5.92 Å². The van der Waals surface area contributed by atoms with Crippen molar-refractivity contribution in [1.82, 2.24) is 5.32 Å². The second-order valence-corrected chi connectivity index (χ2v) is 4.72. The average Bonchev–Trinajstić information content (AvgIpc) is 2.21. The van der Waals surface area contributed by atoms with Crippen LogP contribution in [0.15, 0.2) is 0 Å². The molecule has 0 aromatic carbocycles. The van der Waals surface area contributed by atoms with E-state index in [4.69, 9.17) is 0 Å². The van der Waals surface area contributed by atoms with E-state index in [9.17, 15) is 8.78 Å². The summed E-state index contributed by atoms with van der Waals surface area (Å²) in [6, 6.07) is 0.562. The maximum atomic E-state index is 12.9. The van der Waals surface area contributed by atoms with Gasteiger partial charge in [-0.1, -0.05) is 13.8 Å². The zero-order valence-corrected chi connectivity index (χ0v) is 9.86. The van der Waals surface area contributed by atoms with Crippen molar-refractivity contribution in [3.63, 3.8) is 0 Å². The van der Waals surface area contributed by atoms with Gasteiger partial charge >= 0.3 is 0 Å². The molecular formula is C12H23F2N. The van der Waals surface area contributed by atoms with Gasteiger partial charge in [-0.25, -0.2) is 8.78 Å². The molecule has 1 aliphatic rings. The lowest BCUT2D eigenvalue weighted by atomic mass is 9.86. The van der Waals surface area contributed by atoms with Crippen LogP contribution in [0, 0.1) is 5.92 Å². The molecule has 1 saturated carbocycles. The molecule has 0 saturated heterocycles. The van der Waals surface area contributed by atoms with Gasteiger partial charge in [0.2, 0.25) is 5.92 Å². The Bertz CT molecular complexity index is 168. The van der Waals surface area contributed by atoms with E-state index in [1.54, 1.807) is 0 Å². The van der Waals surface area contributed by atoms with Crippen molar-refractivity contribution in [2.24, 2.45) is 5.92 Å². The Morgan fingerprint density at radius 1 is 1.20 bits per heavy atom. The summed E-state index contributed by atoms with van der Waals surface area (Å²) in [5.74, 6) is -1.92. The predicted octanol–water partition coefficient (Wildman–Crippen LogP) is 3.59. The molecule has 0 atom stereocenters. The SMILES string of the molecule is CCC(CC)NCC1CCC(F)(F)CC1. The zero-order chi connectivity index (χ0) is 11.3. The standard InChI is InChI=1S/C12H23F2N/c1-3-11(4-2)15-9-10-5-7-12(13,14)8-6-10/h10-11,15H,3-9H2,1-2H3. The van der Waals surface area contributed by atoms with E-state index in [0.717, 1.165) is 19.4 Å². The van der Waals surface area contributed by atoms with Crippen molar-refractivity contribution >= 4 is 0 Å². The van der Waals surface area contributed by atoms with Gasteiger partial charge < -0.3 is 5.32 Å². The van der Waals surface area contributed by atoms with Crippen molar-refractivity contribution in [3.8, 4) is 0 Å². The summed E-state index contributed by atoms with van der Waals surface area (Å²) < 4.78 is 25.8. The van der Waals surface area contributed by atoms with E-state index in [-0.39, 0.29) is 12.8 Å². The van der Waals surface area contributed by atoms with Gasteiger partial charge in [-0.2, -0.15) is 0 Å². The summed E-state index contributed by atoms with van der Waals surface area (Å²) >= 11 is 0. The molecule has 0 heterocycles. The molecule has 0 aliphatic heterocycles. The van der Waals surface area contributed by atoms with Crippen molar-refractivity contribution < 1.29 is 8.78 Å². The predicted molar refractivity (Wildman–Crippen MR) is 59.3 cm³/mol. The Morgan fingerprint density at radius 2 is 1.73 bits per heavy atom. The van der Waals surface area contributed by atoms with Crippen molar-refractivity contribution in [2.45, 2.75) is 64.3 Å². The smallest absolute Gasteiger partial charge is 0.248 e. The lowest BCUT2D eigenvalue weighted by Gasteiger charge is -2.29. The second kappa shape index (κ2) is 5.78. The lowest BCUT2D eigenvalue weighted by molar-refractivity contribution is -0.0456. The summed E-state index contributed by atoms with van der Waals surface area (Å²) in [5.41, 5.74) is 0. The molecule has 1 fully saturated rings. The van der Waals surface area contributed by atoms with E-state index >= 15 is 0 Å². The molecule has 0 radical (unpaired) electrons. The lowest BCUT2D eigenvalue weighted by Crippen LogP contribution is -2.35. The molecule has 15 heavy (non-hydrogen) atoms. The fraction of sp³-hybridized carbons (Fsp3) is 1.00. The van der Waals surface area contributed by atoms with Gasteiger partial charge in [-0.15, -0.1) is 0 Å². The van der Waals surface area contributed by atoms with Gasteiger partial charge in [0.15, 0.2) is 0 Å². The average molecular weight is 219 g/mol. The number of nitrogens with one attached hydrogen (secondary N) is 1. The largest absolute Gasteiger partial charge is 0.314 e. The van der Waals surface area contributed by atoms with Gasteiger partial charge in [0.25, 0.3) is 0 Å². The fourth-order valence-electron chi connectivity index (χ4n) is 2.21. The summed E-state index contributed by atoms with van der Waals surface area (Å²) in [4.78, 5) is 0. The Kier molecular flexibility index (Phi) is 4.97. The molecule has 1 nitrogen and oxygen atoms in total. The molecule has 1 rings (SSSR count). The molecule has 1 N–H and O–H groups in total. The minimum absolute atomic E-state index is 0.0856. The quantitative estimate of drug-likeness (QED) is 0.745. The molecule has 3 heteroatoms. The first-order valence-corrected chi connectivity index (χ1v) is 6.18. The molecule has 0 unspecified atom stereocenters. The molecule has 0 amide bonds. The van der Waals surface area contributed by atoms with Crippen LogP contribution in [0.4, 0.5) is 8.78 Å². The Labute approximate surface area is 91.6 Å². The van der Waals surface area contributed by atoms with E-state index in [1.807, 2.05) is 0 Å². The molecule has 90 valence electrons. The first-order valence-electron chi connectivity index (χ1n) is 6.18. The van der Waals surface area contributed by atoms with Gasteiger partial charge in [0.1, 0.15) is 0 Å². The maximum Gasteiger partial charge on any atom is 0.248 e. The van der Waals surface area contributed by atoms with Crippen LogP contribution in [0.3, 0.4) is 0 Å². The van der Waals surface area contributed by atoms with E-state index in [2.05, 4.69) is 19.2 Å². The monoisotopic (exact) mass is 219 g/mol. The third kappa shape index (κ3) is 4.45. The van der Waals surface area contributed by atoms with Crippen LogP contribution in [0.1, 0.15) is 52.4 Å². The fourth-order valence-corrected chi connectivity index (χ4v) is 2.21. The van der Waals surface area contributed by atoms with Gasteiger partial charge in [0, 0.05) is 18.9 Å². The third-order valence-corrected chi connectivity index (χ3v) is 3.52. The van der Waals surface area contributed by atoms with Gasteiger partial charge in [0.05, 0.1) is 0 Å². The number of halogens is 2. The minimum atomic E-state index is -2.38. The highest BCUT2D eigenvalue weighted by Crippen LogP contribution is 2.35. The number of hydrogen-bond donors (Lipinski definition) is 1. The van der Waals surface area contributed by atoms with Crippen LogP contribution in [-0.4, -0.2) is 18.5 Å². The third-order valence-electron chi connectivity index (χ3n) is 3.52. The second-order valence-electron chi connectivity index (χ2n) is 4.72. The van der Waals surface area contributed by atoms with Gasteiger partial charge in [-0.05, 0) is 38.1 Å². The topological polar surface area (TPSA) is 12.0 Å². The van der Waals surface area contributed by atoms with Crippen LogP contribution < -0.4 is 5.32 Å². The van der Waals surface area contributed by atoms with Crippen LogP contribution in [0.2, 0.25) is 0 Å². The van der Waals surface area contributed by atoms with Crippen molar-refractivity contribution in [3.05, 3.63) is 0 Å². The minimum Gasteiger partial charge on any atom is -0.314 e. The highest BCUT2D eigenvalue weighted by molar-refractivity contribution is 4.79. The number of alkyl halides is 2. The zero-order valence-electron chi connectivity index (χ0n) is 9.86. The summed E-state index contributed by atoms with van der Waals surface area (Å²) in [5, 5.41) is 3.47. The van der Waals surface area contributed by atoms with Crippen LogP contribution in [0.25, 0.3) is 0 Å². The molecular weight excluding hydrogens is 196 g/mol. The molecule has 0 aromatic rings. The van der Waals surface area contributed by atoms with Crippen molar-refractivity contribution in [2.75, 3.05) is 6.54 Å². The maximum absolute atomic E-state index is 12.9. The van der Waals surface area contributed by atoms with E-state index in [0.29, 0.717) is 24.8 Å². The Morgan fingerprint density at radius 3 is 2.20 bits per heavy atom. The molecule has 0 aromatic heterocycles. The highest BCUT2D eigenvalue weighted by atomic mass is 19.3. The Hall–Kier alpha value is -0.180. The van der Waals surface area contributed by atoms with Crippen molar-refractivity contribution in [1.29, 1.82) is 0 Å².